The molecule has 0 N–H and O–H groups in total. The van der Waals surface area contributed by atoms with Gasteiger partial charge in [-0.15, -0.1) is 0 Å². The maximum Gasteiger partial charge on any atom is 0.183 e. The van der Waals surface area contributed by atoms with Crippen molar-refractivity contribution in [2.45, 2.75) is 0 Å². The lowest BCUT2D eigenvalue weighted by atomic mass is 10.3. The highest BCUT2D eigenvalue weighted by molar-refractivity contribution is 9.10. The van der Waals surface area contributed by atoms with Gasteiger partial charge in [-0.2, -0.15) is 0 Å². The number of hydrogen-bond acceptors (Lipinski definition) is 5. The molecule has 14 heavy (non-hydrogen) atoms. The SMILES string of the molecule is Brc1cnc2c(n1)C1=NCCN1C=N2. The van der Waals surface area contributed by atoms with E-state index >= 15 is 0 Å². The van der Waals surface area contributed by atoms with Crippen molar-refractivity contribution in [1.29, 1.82) is 0 Å². The molecule has 0 bridgehead atoms. The first-order valence-electron chi connectivity index (χ1n) is 4.23. The third kappa shape index (κ3) is 1.07. The summed E-state index contributed by atoms with van der Waals surface area (Å²) in [5.74, 6) is 1.52. The lowest BCUT2D eigenvalue weighted by molar-refractivity contribution is 0.676. The average molecular weight is 252 g/mol. The molecule has 5 nitrogen and oxygen atoms in total. The van der Waals surface area contributed by atoms with Crippen molar-refractivity contribution in [3.05, 3.63) is 16.5 Å². The molecule has 6 heteroatoms. The van der Waals surface area contributed by atoms with Gasteiger partial charge in [0.2, 0.25) is 0 Å². The quantitative estimate of drug-likeness (QED) is 0.691. The summed E-state index contributed by atoms with van der Waals surface area (Å²) >= 11 is 3.29. The van der Waals surface area contributed by atoms with E-state index in [4.69, 9.17) is 0 Å². The highest BCUT2D eigenvalue weighted by atomic mass is 79.9. The van der Waals surface area contributed by atoms with Gasteiger partial charge in [0.05, 0.1) is 19.1 Å². The van der Waals surface area contributed by atoms with Gasteiger partial charge in [-0.25, -0.2) is 15.0 Å². The van der Waals surface area contributed by atoms with Crippen molar-refractivity contribution in [3.8, 4) is 0 Å². The molecule has 0 fully saturated rings. The van der Waals surface area contributed by atoms with E-state index in [1.165, 1.54) is 0 Å². The Hall–Kier alpha value is -1.30. The molecule has 0 radical (unpaired) electrons. The Kier molecular flexibility index (Phi) is 1.63. The van der Waals surface area contributed by atoms with Gasteiger partial charge in [0.1, 0.15) is 4.60 Å². The normalized spacial score (nSPS) is 17.8. The first-order valence-corrected chi connectivity index (χ1v) is 5.02. The largest absolute Gasteiger partial charge is 0.314 e. The number of aromatic nitrogens is 2. The third-order valence-corrected chi connectivity index (χ3v) is 2.51. The molecule has 0 atom stereocenters. The first-order chi connectivity index (χ1) is 6.84. The fourth-order valence-corrected chi connectivity index (χ4v) is 1.79. The summed E-state index contributed by atoms with van der Waals surface area (Å²) in [5.41, 5.74) is 0.763. The van der Waals surface area contributed by atoms with Crippen LogP contribution in [0.15, 0.2) is 20.8 Å². The molecule has 0 saturated carbocycles. The monoisotopic (exact) mass is 251 g/mol. The van der Waals surface area contributed by atoms with E-state index in [9.17, 15) is 0 Å². The van der Waals surface area contributed by atoms with E-state index in [1.807, 2.05) is 4.90 Å². The van der Waals surface area contributed by atoms with Gasteiger partial charge < -0.3 is 4.90 Å². The summed E-state index contributed by atoms with van der Waals surface area (Å²) < 4.78 is 0.711. The molecule has 0 spiro atoms. The topological polar surface area (TPSA) is 53.7 Å². The number of nitrogens with zero attached hydrogens (tertiary/aromatic N) is 5. The van der Waals surface area contributed by atoms with Crippen molar-refractivity contribution < 1.29 is 0 Å². The van der Waals surface area contributed by atoms with Gasteiger partial charge in [-0.1, -0.05) is 0 Å². The van der Waals surface area contributed by atoms with Crippen LogP contribution in [-0.2, 0) is 0 Å². The second-order valence-electron chi connectivity index (χ2n) is 3.01. The zero-order chi connectivity index (χ0) is 9.54. The molecule has 70 valence electrons. The smallest absolute Gasteiger partial charge is 0.183 e. The fraction of sp³-hybridized carbons (Fsp3) is 0.250. The van der Waals surface area contributed by atoms with Crippen molar-refractivity contribution in [1.82, 2.24) is 14.9 Å². The maximum absolute atomic E-state index is 4.37. The zero-order valence-corrected chi connectivity index (χ0v) is 8.77. The number of fused-ring (bicyclic) bond motifs is 3. The molecule has 0 unspecified atom stereocenters. The molecule has 3 rings (SSSR count). The van der Waals surface area contributed by atoms with Gasteiger partial charge in [0, 0.05) is 6.54 Å². The molecule has 0 aromatic carbocycles. The minimum Gasteiger partial charge on any atom is -0.314 e. The number of rotatable bonds is 0. The Morgan fingerprint density at radius 2 is 2.36 bits per heavy atom. The minimum absolute atomic E-state index is 0.644. The summed E-state index contributed by atoms with van der Waals surface area (Å²) in [6.07, 6.45) is 3.40. The van der Waals surface area contributed by atoms with E-state index in [0.717, 1.165) is 24.6 Å². The van der Waals surface area contributed by atoms with E-state index in [2.05, 4.69) is 35.9 Å². The highest BCUT2D eigenvalue weighted by Crippen LogP contribution is 2.23. The summed E-state index contributed by atoms with van der Waals surface area (Å²) in [6, 6.07) is 0. The van der Waals surface area contributed by atoms with E-state index in [0.29, 0.717) is 10.4 Å². The van der Waals surface area contributed by atoms with Crippen LogP contribution in [0.2, 0.25) is 0 Å². The molecule has 0 amide bonds. The first kappa shape index (κ1) is 8.05. The molecular formula is C8H6BrN5. The highest BCUT2D eigenvalue weighted by Gasteiger charge is 2.25. The predicted molar refractivity (Wildman–Crippen MR) is 56.0 cm³/mol. The van der Waals surface area contributed by atoms with Crippen molar-refractivity contribution in [3.63, 3.8) is 0 Å². The van der Waals surface area contributed by atoms with Crippen LogP contribution in [0.25, 0.3) is 0 Å². The fourth-order valence-electron chi connectivity index (χ4n) is 1.51. The lowest BCUT2D eigenvalue weighted by Crippen LogP contribution is -2.30. The number of halogens is 1. The Bertz CT molecular complexity index is 453. The van der Waals surface area contributed by atoms with Crippen LogP contribution in [0.4, 0.5) is 5.82 Å². The third-order valence-electron chi connectivity index (χ3n) is 2.13. The van der Waals surface area contributed by atoms with Gasteiger partial charge in [0.15, 0.2) is 17.3 Å². The van der Waals surface area contributed by atoms with Crippen LogP contribution < -0.4 is 0 Å². The maximum atomic E-state index is 4.37. The van der Waals surface area contributed by atoms with Crippen molar-refractivity contribution in [2.24, 2.45) is 9.98 Å². The Labute approximate surface area is 88.7 Å². The summed E-state index contributed by atoms with van der Waals surface area (Å²) in [6.45, 7) is 1.68. The predicted octanol–water partition coefficient (Wildman–Crippen LogP) is 0.975. The summed E-state index contributed by atoms with van der Waals surface area (Å²) in [4.78, 5) is 19.0. The molecule has 1 aromatic heterocycles. The number of hydrogen-bond donors (Lipinski definition) is 0. The Morgan fingerprint density at radius 1 is 1.43 bits per heavy atom. The standard InChI is InChI=1S/C8H6BrN5/c9-5-3-11-7-6(13-5)8-10-1-2-14(8)4-12-7/h3-4H,1-2H2. The van der Waals surface area contributed by atoms with Crippen LogP contribution in [0.3, 0.4) is 0 Å². The van der Waals surface area contributed by atoms with E-state index in [1.54, 1.807) is 12.5 Å². The lowest BCUT2D eigenvalue weighted by Gasteiger charge is -2.18. The van der Waals surface area contributed by atoms with Crippen LogP contribution in [0, 0.1) is 0 Å². The Morgan fingerprint density at radius 3 is 3.29 bits per heavy atom. The van der Waals surface area contributed by atoms with Crippen LogP contribution >= 0.6 is 15.9 Å². The van der Waals surface area contributed by atoms with Crippen molar-refractivity contribution in [2.75, 3.05) is 13.1 Å². The summed E-state index contributed by atoms with van der Waals surface area (Å²) in [7, 11) is 0. The van der Waals surface area contributed by atoms with Gasteiger partial charge in [-0.05, 0) is 15.9 Å². The van der Waals surface area contributed by atoms with E-state index < -0.39 is 0 Å². The molecular weight excluding hydrogens is 246 g/mol. The second-order valence-corrected chi connectivity index (χ2v) is 3.82. The molecule has 0 aliphatic carbocycles. The van der Waals surface area contributed by atoms with Crippen LogP contribution in [0.5, 0.6) is 0 Å². The Balaban J connectivity index is 2.22. The van der Waals surface area contributed by atoms with Crippen molar-refractivity contribution >= 4 is 33.9 Å². The zero-order valence-electron chi connectivity index (χ0n) is 7.18. The molecule has 2 aliphatic heterocycles. The average Bonchev–Trinajstić information content (AvgIpc) is 2.65. The van der Waals surface area contributed by atoms with Gasteiger partial charge in [-0.3, -0.25) is 4.99 Å². The molecule has 2 aliphatic rings. The van der Waals surface area contributed by atoms with Gasteiger partial charge >= 0.3 is 0 Å². The molecule has 0 saturated heterocycles. The minimum atomic E-state index is 0.644. The van der Waals surface area contributed by atoms with Crippen LogP contribution in [-0.4, -0.2) is 40.1 Å². The number of aliphatic imine (C=N–C) groups is 2. The summed E-state index contributed by atoms with van der Waals surface area (Å²) in [5, 5.41) is 0. The van der Waals surface area contributed by atoms with Gasteiger partial charge in [0.25, 0.3) is 0 Å². The van der Waals surface area contributed by atoms with Crippen LogP contribution in [0.1, 0.15) is 5.69 Å². The molecule has 3 heterocycles. The van der Waals surface area contributed by atoms with E-state index in [-0.39, 0.29) is 0 Å². The number of amidine groups is 1. The second kappa shape index (κ2) is 2.84. The molecule has 1 aromatic rings.